The molecule has 12 nitrogen and oxygen atoms in total. The molecule has 2 amide bonds. The number of piperazine rings is 1. The fourth-order valence-corrected chi connectivity index (χ4v) is 3.68. The van der Waals surface area contributed by atoms with Gasteiger partial charge in [0.25, 0.3) is 17.2 Å². The van der Waals surface area contributed by atoms with Crippen LogP contribution < -0.4 is 15.0 Å². The Morgan fingerprint density at radius 2 is 1.82 bits per heavy atom. The van der Waals surface area contributed by atoms with Gasteiger partial charge in [0.15, 0.2) is 11.5 Å². The number of nitriles is 1. The van der Waals surface area contributed by atoms with Crippen molar-refractivity contribution in [1.82, 2.24) is 14.4 Å². The Bertz CT molecular complexity index is 1210. The lowest BCUT2D eigenvalue weighted by molar-refractivity contribution is -0.385. The van der Waals surface area contributed by atoms with Gasteiger partial charge in [0.1, 0.15) is 24.8 Å². The minimum atomic E-state index is -0.782. The molecule has 12 heteroatoms. The maximum absolute atomic E-state index is 12.8. The molecule has 2 aliphatic rings. The number of pyridine rings is 1. The van der Waals surface area contributed by atoms with Crippen molar-refractivity contribution in [2.75, 3.05) is 32.8 Å². The summed E-state index contributed by atoms with van der Waals surface area (Å²) >= 11 is 0. The molecule has 1 aromatic heterocycles. The number of aromatic nitrogens is 1. The van der Waals surface area contributed by atoms with Gasteiger partial charge in [-0.05, 0) is 12.1 Å². The lowest BCUT2D eigenvalue weighted by atomic mass is 10.2. The summed E-state index contributed by atoms with van der Waals surface area (Å²) in [7, 11) is 0. The molecule has 33 heavy (non-hydrogen) atoms. The number of amides is 2. The summed E-state index contributed by atoms with van der Waals surface area (Å²) < 4.78 is 12.2. The Kier molecular flexibility index (Phi) is 5.95. The van der Waals surface area contributed by atoms with Gasteiger partial charge in [0.2, 0.25) is 12.0 Å². The van der Waals surface area contributed by atoms with Crippen LogP contribution in [0.15, 0.2) is 41.3 Å². The van der Waals surface area contributed by atoms with Crippen LogP contribution in [0.2, 0.25) is 0 Å². The molecule has 2 aliphatic heterocycles. The molecule has 0 saturated carbocycles. The van der Waals surface area contributed by atoms with Crippen molar-refractivity contribution in [2.45, 2.75) is 12.6 Å². The second-order valence-corrected chi connectivity index (χ2v) is 7.48. The van der Waals surface area contributed by atoms with E-state index in [1.165, 1.54) is 4.90 Å². The molecule has 1 fully saturated rings. The van der Waals surface area contributed by atoms with Crippen molar-refractivity contribution < 1.29 is 24.0 Å². The van der Waals surface area contributed by atoms with Gasteiger partial charge in [-0.3, -0.25) is 29.1 Å². The number of para-hydroxylation sites is 2. The van der Waals surface area contributed by atoms with Crippen LogP contribution in [0.5, 0.6) is 11.5 Å². The summed E-state index contributed by atoms with van der Waals surface area (Å²) in [6, 6.07) is 9.56. The van der Waals surface area contributed by atoms with E-state index in [9.17, 15) is 24.5 Å². The van der Waals surface area contributed by atoms with Crippen molar-refractivity contribution in [2.24, 2.45) is 0 Å². The molecule has 0 N–H and O–H groups in total. The Labute approximate surface area is 187 Å². The zero-order valence-corrected chi connectivity index (χ0v) is 17.4. The number of rotatable bonds is 4. The van der Waals surface area contributed by atoms with Gasteiger partial charge < -0.3 is 19.3 Å². The Hall–Kier alpha value is -4.40. The summed E-state index contributed by atoms with van der Waals surface area (Å²) in [4.78, 5) is 51.1. The fourth-order valence-electron chi connectivity index (χ4n) is 3.68. The van der Waals surface area contributed by atoms with E-state index in [1.54, 1.807) is 29.2 Å². The number of nitro groups is 1. The summed E-state index contributed by atoms with van der Waals surface area (Å²) in [6.45, 7) is 0.622. The SMILES string of the molecule is N#Cc1cc([N+](=O)[O-])cn(CC(=O)N2CCN(C(=O)C3COc4ccccc4O3)CC2)c1=O. The van der Waals surface area contributed by atoms with E-state index in [2.05, 4.69) is 0 Å². The summed E-state index contributed by atoms with van der Waals surface area (Å²) in [5.41, 5.74) is -1.64. The first-order valence-electron chi connectivity index (χ1n) is 10.1. The number of carbonyl (C=O) groups is 2. The lowest BCUT2D eigenvalue weighted by Gasteiger charge is -2.37. The molecule has 0 aliphatic carbocycles. The number of ether oxygens (including phenoxy) is 2. The molecule has 0 radical (unpaired) electrons. The Morgan fingerprint density at radius 3 is 2.48 bits per heavy atom. The summed E-state index contributed by atoms with van der Waals surface area (Å²) in [5, 5.41) is 20.1. The van der Waals surface area contributed by atoms with E-state index in [1.807, 2.05) is 6.07 Å². The number of benzene rings is 1. The maximum atomic E-state index is 12.8. The first-order chi connectivity index (χ1) is 15.9. The standard InChI is InChI=1S/C21H19N5O7/c22-10-14-9-15(26(30)31)11-25(20(14)28)12-19(27)23-5-7-24(8-6-23)21(29)18-13-32-16-3-1-2-4-17(16)33-18/h1-4,9,11,18H,5-8,12-13H2. The number of carbonyl (C=O) groups excluding carboxylic acids is 2. The topological polar surface area (TPSA) is 148 Å². The molecule has 170 valence electrons. The largest absolute Gasteiger partial charge is 0.485 e. The van der Waals surface area contributed by atoms with Crippen LogP contribution in [-0.2, 0) is 16.1 Å². The Morgan fingerprint density at radius 1 is 1.15 bits per heavy atom. The monoisotopic (exact) mass is 453 g/mol. The molecule has 1 atom stereocenters. The molecule has 1 saturated heterocycles. The number of fused-ring (bicyclic) bond motifs is 1. The summed E-state index contributed by atoms with van der Waals surface area (Å²) in [5.74, 6) is 0.382. The lowest BCUT2D eigenvalue weighted by Crippen LogP contribution is -2.55. The third-order valence-electron chi connectivity index (χ3n) is 5.44. The van der Waals surface area contributed by atoms with Crippen LogP contribution in [-0.4, -0.2) is 70.0 Å². The van der Waals surface area contributed by atoms with E-state index in [-0.39, 0.29) is 38.7 Å². The molecule has 1 aromatic carbocycles. The minimum Gasteiger partial charge on any atom is -0.485 e. The van der Waals surface area contributed by atoms with E-state index in [0.29, 0.717) is 11.5 Å². The van der Waals surface area contributed by atoms with Gasteiger partial charge in [0.05, 0.1) is 11.1 Å². The van der Waals surface area contributed by atoms with Gasteiger partial charge in [-0.15, -0.1) is 0 Å². The van der Waals surface area contributed by atoms with Crippen LogP contribution in [0.3, 0.4) is 0 Å². The zero-order chi connectivity index (χ0) is 23.5. The molecule has 2 aromatic rings. The molecule has 0 spiro atoms. The quantitative estimate of drug-likeness (QED) is 0.469. The third kappa shape index (κ3) is 4.47. The number of hydrogen-bond acceptors (Lipinski definition) is 8. The zero-order valence-electron chi connectivity index (χ0n) is 17.4. The van der Waals surface area contributed by atoms with Crippen LogP contribution in [0.1, 0.15) is 5.56 Å². The molecule has 4 rings (SSSR count). The van der Waals surface area contributed by atoms with Crippen molar-refractivity contribution in [3.8, 4) is 17.6 Å². The van der Waals surface area contributed by atoms with E-state index < -0.39 is 40.3 Å². The first kappa shape index (κ1) is 21.8. The number of hydrogen-bond donors (Lipinski definition) is 0. The highest BCUT2D eigenvalue weighted by molar-refractivity contribution is 5.82. The van der Waals surface area contributed by atoms with Gasteiger partial charge in [-0.2, -0.15) is 5.26 Å². The molecular weight excluding hydrogens is 434 g/mol. The van der Waals surface area contributed by atoms with Gasteiger partial charge in [-0.25, -0.2) is 0 Å². The number of nitrogens with zero attached hydrogens (tertiary/aromatic N) is 5. The van der Waals surface area contributed by atoms with Crippen molar-refractivity contribution in [1.29, 1.82) is 5.26 Å². The second-order valence-electron chi connectivity index (χ2n) is 7.48. The van der Waals surface area contributed by atoms with Crippen molar-refractivity contribution in [3.05, 3.63) is 62.6 Å². The highest BCUT2D eigenvalue weighted by atomic mass is 16.6. The van der Waals surface area contributed by atoms with Crippen LogP contribution in [0, 0.1) is 21.4 Å². The smallest absolute Gasteiger partial charge is 0.287 e. The van der Waals surface area contributed by atoms with Crippen molar-refractivity contribution >= 4 is 17.5 Å². The van der Waals surface area contributed by atoms with Crippen LogP contribution >= 0.6 is 0 Å². The van der Waals surface area contributed by atoms with Gasteiger partial charge in [-0.1, -0.05) is 12.1 Å². The Balaban J connectivity index is 1.37. The third-order valence-corrected chi connectivity index (χ3v) is 5.44. The van der Waals surface area contributed by atoms with E-state index in [4.69, 9.17) is 14.7 Å². The average molecular weight is 453 g/mol. The van der Waals surface area contributed by atoms with Gasteiger partial charge in [0, 0.05) is 32.2 Å². The second kappa shape index (κ2) is 8.99. The predicted molar refractivity (Wildman–Crippen MR) is 112 cm³/mol. The van der Waals surface area contributed by atoms with Crippen LogP contribution in [0.4, 0.5) is 5.69 Å². The first-order valence-corrected chi connectivity index (χ1v) is 10.1. The highest BCUT2D eigenvalue weighted by Crippen LogP contribution is 2.31. The average Bonchev–Trinajstić information content (AvgIpc) is 2.84. The van der Waals surface area contributed by atoms with Crippen molar-refractivity contribution in [3.63, 3.8) is 0 Å². The highest BCUT2D eigenvalue weighted by Gasteiger charge is 2.33. The van der Waals surface area contributed by atoms with Crippen LogP contribution in [0.25, 0.3) is 0 Å². The molecule has 3 heterocycles. The molecule has 0 bridgehead atoms. The van der Waals surface area contributed by atoms with E-state index >= 15 is 0 Å². The normalized spacial score (nSPS) is 17.2. The molecular formula is C21H19N5O7. The molecule has 1 unspecified atom stereocenters. The minimum absolute atomic E-state index is 0.0892. The van der Waals surface area contributed by atoms with Gasteiger partial charge >= 0.3 is 0 Å². The van der Waals surface area contributed by atoms with E-state index in [0.717, 1.165) is 16.8 Å². The fraction of sp³-hybridized carbons (Fsp3) is 0.333. The summed E-state index contributed by atoms with van der Waals surface area (Å²) in [6.07, 6.45) is 0.161. The maximum Gasteiger partial charge on any atom is 0.287 e. The predicted octanol–water partition coefficient (Wildman–Crippen LogP) is 0.139.